The van der Waals surface area contributed by atoms with E-state index in [1.165, 1.54) is 5.56 Å². The number of hydrogen-bond donors (Lipinski definition) is 2. The minimum Gasteiger partial charge on any atom is -0.381 e. The molecule has 1 saturated heterocycles. The molecule has 0 radical (unpaired) electrons. The maximum Gasteiger partial charge on any atom is 0.191 e. The molecule has 2 heterocycles. The molecule has 1 unspecified atom stereocenters. The smallest absolute Gasteiger partial charge is 0.191 e. The summed E-state index contributed by atoms with van der Waals surface area (Å²) in [5.74, 6) is 2.39. The molecule has 1 atom stereocenters. The van der Waals surface area contributed by atoms with Crippen molar-refractivity contribution in [2.75, 3.05) is 51.4 Å². The Morgan fingerprint density at radius 1 is 1.43 bits per heavy atom. The van der Waals surface area contributed by atoms with E-state index in [1.54, 1.807) is 7.05 Å². The topological polar surface area (TPSA) is 71.0 Å². The first kappa shape index (κ1) is 24.9. The van der Waals surface area contributed by atoms with Gasteiger partial charge in [-0.05, 0) is 37.0 Å². The minimum atomic E-state index is 0. The Kier molecular flexibility index (Phi) is 12.4. The van der Waals surface area contributed by atoms with Gasteiger partial charge in [-0.3, -0.25) is 4.99 Å². The van der Waals surface area contributed by atoms with Crippen LogP contribution in [-0.2, 0) is 16.0 Å². The van der Waals surface area contributed by atoms with Crippen LogP contribution < -0.4 is 15.5 Å². The van der Waals surface area contributed by atoms with Crippen LogP contribution in [0.25, 0.3) is 0 Å². The number of anilines is 1. The van der Waals surface area contributed by atoms with Crippen molar-refractivity contribution >= 4 is 35.8 Å². The molecule has 160 valence electrons. The number of nitrogens with zero attached hydrogens (tertiary/aromatic N) is 3. The Hall–Kier alpha value is -1.13. The number of pyridine rings is 1. The highest BCUT2D eigenvalue weighted by molar-refractivity contribution is 14.0. The summed E-state index contributed by atoms with van der Waals surface area (Å²) in [5.41, 5.74) is 1.18. The van der Waals surface area contributed by atoms with Crippen LogP contribution in [0.5, 0.6) is 0 Å². The van der Waals surface area contributed by atoms with Crippen LogP contribution in [-0.4, -0.2) is 63.6 Å². The third-order valence-electron chi connectivity index (χ3n) is 4.27. The van der Waals surface area contributed by atoms with E-state index in [-0.39, 0.29) is 30.1 Å². The number of aromatic nitrogens is 1. The molecule has 2 rings (SSSR count). The third kappa shape index (κ3) is 9.38. The number of morpholine rings is 1. The molecule has 0 bridgehead atoms. The second-order valence-electron chi connectivity index (χ2n) is 7.32. The van der Waals surface area contributed by atoms with Gasteiger partial charge < -0.3 is 25.0 Å². The molecule has 7 nitrogen and oxygen atoms in total. The fourth-order valence-electron chi connectivity index (χ4n) is 2.88. The SMILES string of the molecule is CN=C(NCCCOCC(C)C)NCc1ccnc(N2CCOC(C)C2)c1.I. The van der Waals surface area contributed by atoms with Crippen LogP contribution in [0.15, 0.2) is 23.3 Å². The highest BCUT2D eigenvalue weighted by Gasteiger charge is 2.18. The second kappa shape index (κ2) is 13.9. The summed E-state index contributed by atoms with van der Waals surface area (Å²) in [4.78, 5) is 11.1. The largest absolute Gasteiger partial charge is 0.381 e. The average Bonchev–Trinajstić information content (AvgIpc) is 2.67. The molecule has 1 aliphatic heterocycles. The van der Waals surface area contributed by atoms with Gasteiger partial charge in [-0.1, -0.05) is 13.8 Å². The molecule has 1 aliphatic rings. The molecule has 2 N–H and O–H groups in total. The van der Waals surface area contributed by atoms with Gasteiger partial charge in [0.05, 0.1) is 12.7 Å². The quantitative estimate of drug-likeness (QED) is 0.233. The lowest BCUT2D eigenvalue weighted by Crippen LogP contribution is -2.41. The average molecular weight is 505 g/mol. The molecule has 28 heavy (non-hydrogen) atoms. The van der Waals surface area contributed by atoms with Crippen LogP contribution in [0.4, 0.5) is 5.82 Å². The van der Waals surface area contributed by atoms with Gasteiger partial charge in [0.15, 0.2) is 5.96 Å². The van der Waals surface area contributed by atoms with E-state index in [1.807, 2.05) is 12.3 Å². The van der Waals surface area contributed by atoms with Gasteiger partial charge in [0.2, 0.25) is 0 Å². The van der Waals surface area contributed by atoms with Crippen molar-refractivity contribution in [1.29, 1.82) is 0 Å². The van der Waals surface area contributed by atoms with E-state index >= 15 is 0 Å². The molecular weight excluding hydrogens is 469 g/mol. The Balaban J connectivity index is 0.00000392. The summed E-state index contributed by atoms with van der Waals surface area (Å²) in [7, 11) is 1.79. The van der Waals surface area contributed by atoms with Gasteiger partial charge in [-0.2, -0.15) is 0 Å². The van der Waals surface area contributed by atoms with Gasteiger partial charge in [-0.15, -0.1) is 24.0 Å². The van der Waals surface area contributed by atoms with Gasteiger partial charge in [0, 0.05) is 52.6 Å². The lowest BCUT2D eigenvalue weighted by molar-refractivity contribution is 0.0529. The lowest BCUT2D eigenvalue weighted by Gasteiger charge is -2.32. The van der Waals surface area contributed by atoms with Crippen LogP contribution >= 0.6 is 24.0 Å². The highest BCUT2D eigenvalue weighted by Crippen LogP contribution is 2.16. The fourth-order valence-corrected chi connectivity index (χ4v) is 2.88. The van der Waals surface area contributed by atoms with Gasteiger partial charge in [0.1, 0.15) is 5.82 Å². The first-order valence-corrected chi connectivity index (χ1v) is 9.92. The third-order valence-corrected chi connectivity index (χ3v) is 4.27. The zero-order valence-corrected chi connectivity index (χ0v) is 19.9. The monoisotopic (exact) mass is 505 g/mol. The van der Waals surface area contributed by atoms with Gasteiger partial charge in [0.25, 0.3) is 0 Å². The molecule has 0 spiro atoms. The number of ether oxygens (including phenoxy) is 2. The Morgan fingerprint density at radius 3 is 2.96 bits per heavy atom. The second-order valence-corrected chi connectivity index (χ2v) is 7.32. The van der Waals surface area contributed by atoms with Crippen molar-refractivity contribution in [2.45, 2.75) is 39.8 Å². The number of nitrogens with one attached hydrogen (secondary N) is 2. The molecule has 1 aromatic heterocycles. The van der Waals surface area contributed by atoms with Gasteiger partial charge in [-0.25, -0.2) is 4.98 Å². The summed E-state index contributed by atoms with van der Waals surface area (Å²) in [6, 6.07) is 4.17. The molecule has 0 amide bonds. The first-order valence-electron chi connectivity index (χ1n) is 9.92. The number of rotatable bonds is 9. The number of hydrogen-bond acceptors (Lipinski definition) is 5. The van der Waals surface area contributed by atoms with E-state index in [0.717, 1.165) is 57.7 Å². The van der Waals surface area contributed by atoms with Crippen LogP contribution in [0.3, 0.4) is 0 Å². The molecule has 1 aromatic rings. The number of halogens is 1. The van der Waals surface area contributed by atoms with Crippen molar-refractivity contribution in [1.82, 2.24) is 15.6 Å². The van der Waals surface area contributed by atoms with E-state index in [9.17, 15) is 0 Å². The first-order chi connectivity index (χ1) is 13.1. The predicted octanol–water partition coefficient (Wildman–Crippen LogP) is 2.65. The van der Waals surface area contributed by atoms with Crippen molar-refractivity contribution < 1.29 is 9.47 Å². The maximum absolute atomic E-state index is 5.61. The van der Waals surface area contributed by atoms with E-state index < -0.39 is 0 Å². The van der Waals surface area contributed by atoms with Crippen molar-refractivity contribution in [3.8, 4) is 0 Å². The van der Waals surface area contributed by atoms with Gasteiger partial charge >= 0.3 is 0 Å². The summed E-state index contributed by atoms with van der Waals surface area (Å²) in [6.45, 7) is 12.1. The Morgan fingerprint density at radius 2 is 2.25 bits per heavy atom. The maximum atomic E-state index is 5.61. The Labute approximate surface area is 186 Å². The van der Waals surface area contributed by atoms with Crippen LogP contribution in [0.1, 0.15) is 32.8 Å². The van der Waals surface area contributed by atoms with Crippen molar-refractivity contribution in [3.05, 3.63) is 23.9 Å². The van der Waals surface area contributed by atoms with E-state index in [0.29, 0.717) is 12.5 Å². The molecule has 8 heteroatoms. The van der Waals surface area contributed by atoms with Crippen LogP contribution in [0.2, 0.25) is 0 Å². The lowest BCUT2D eigenvalue weighted by atomic mass is 10.2. The summed E-state index contributed by atoms with van der Waals surface area (Å²) >= 11 is 0. The van der Waals surface area contributed by atoms with Crippen molar-refractivity contribution in [2.24, 2.45) is 10.9 Å². The predicted molar refractivity (Wildman–Crippen MR) is 126 cm³/mol. The standard InChI is InChI=1S/C20H35N5O2.HI/c1-16(2)15-26-10-5-7-23-20(21-4)24-13-18-6-8-22-19(12-18)25-9-11-27-17(3)14-25;/h6,8,12,16-17H,5,7,9-11,13-15H2,1-4H3,(H2,21,23,24);1H. The molecule has 1 fully saturated rings. The fraction of sp³-hybridized carbons (Fsp3) is 0.700. The van der Waals surface area contributed by atoms with Crippen LogP contribution in [0, 0.1) is 5.92 Å². The summed E-state index contributed by atoms with van der Waals surface area (Å²) in [5, 5.41) is 6.69. The zero-order chi connectivity index (χ0) is 19.5. The summed E-state index contributed by atoms with van der Waals surface area (Å²) < 4.78 is 11.2. The highest BCUT2D eigenvalue weighted by atomic mass is 127. The normalized spacial score (nSPS) is 17.4. The molecule has 0 aromatic carbocycles. The Bertz CT molecular complexity index is 585. The number of guanidine groups is 1. The molecular formula is C20H36IN5O2. The minimum absolute atomic E-state index is 0. The molecule has 0 aliphatic carbocycles. The molecule has 0 saturated carbocycles. The van der Waals surface area contributed by atoms with E-state index in [2.05, 4.69) is 52.3 Å². The summed E-state index contributed by atoms with van der Waals surface area (Å²) in [6.07, 6.45) is 3.08. The zero-order valence-electron chi connectivity index (χ0n) is 17.6. The van der Waals surface area contributed by atoms with E-state index in [4.69, 9.17) is 9.47 Å². The number of aliphatic imine (C=N–C) groups is 1. The van der Waals surface area contributed by atoms with Crippen molar-refractivity contribution in [3.63, 3.8) is 0 Å².